The topological polar surface area (TPSA) is 48.9 Å². The lowest BCUT2D eigenvalue weighted by Crippen LogP contribution is -2.58. The summed E-state index contributed by atoms with van der Waals surface area (Å²) < 4.78 is 5.58. The third-order valence-electron chi connectivity index (χ3n) is 4.55. The summed E-state index contributed by atoms with van der Waals surface area (Å²) in [5.74, 6) is 0.928. The largest absolute Gasteiger partial charge is 0.381 e. The third-order valence-corrected chi connectivity index (χ3v) is 4.55. The summed E-state index contributed by atoms with van der Waals surface area (Å²) in [7, 11) is 1.84. The van der Waals surface area contributed by atoms with Gasteiger partial charge in [0.15, 0.2) is 5.96 Å². The number of guanidine groups is 1. The van der Waals surface area contributed by atoms with Crippen LogP contribution in [0.3, 0.4) is 0 Å². The van der Waals surface area contributed by atoms with Gasteiger partial charge in [0.05, 0.1) is 0 Å². The molecule has 2 fully saturated rings. The van der Waals surface area contributed by atoms with Crippen molar-refractivity contribution < 1.29 is 4.74 Å². The number of aliphatic imine (C=N–C) groups is 1. The van der Waals surface area contributed by atoms with E-state index < -0.39 is 0 Å². The van der Waals surface area contributed by atoms with Crippen LogP contribution in [0.1, 0.15) is 39.0 Å². The summed E-state index contributed by atoms with van der Waals surface area (Å²) in [5, 5.41) is 6.89. The quantitative estimate of drug-likeness (QED) is 0.413. The van der Waals surface area contributed by atoms with Gasteiger partial charge in [-0.25, -0.2) is 0 Å². The summed E-state index contributed by atoms with van der Waals surface area (Å²) in [5.41, 5.74) is 0.262. The van der Waals surface area contributed by atoms with E-state index in [1.54, 1.807) is 0 Å². The molecule has 0 radical (unpaired) electrons. The highest BCUT2D eigenvalue weighted by molar-refractivity contribution is 14.0. The molecule has 6 heteroatoms. The summed E-state index contributed by atoms with van der Waals surface area (Å²) >= 11 is 0. The molecule has 0 aromatic carbocycles. The first-order valence-corrected chi connectivity index (χ1v) is 8.08. The van der Waals surface area contributed by atoms with Crippen LogP contribution in [0.25, 0.3) is 0 Å². The predicted octanol–water partition coefficient (Wildman–Crippen LogP) is 1.82. The van der Waals surface area contributed by atoms with Crippen LogP contribution in [0.5, 0.6) is 0 Å². The first kappa shape index (κ1) is 19.0. The molecule has 2 N–H and O–H groups in total. The Balaban J connectivity index is 0.00000220. The van der Waals surface area contributed by atoms with Crippen LogP contribution >= 0.6 is 24.0 Å². The van der Waals surface area contributed by atoms with Crippen molar-refractivity contribution in [1.29, 1.82) is 0 Å². The standard InChI is InChI=1S/C15H30N4O.HI/c1-3-8-17-14(16-2)18-13-15(6-11-20-12-7-15)19-9-4-5-10-19;/h3-13H2,1-2H3,(H2,16,17,18);1H. The summed E-state index contributed by atoms with van der Waals surface area (Å²) in [4.78, 5) is 6.99. The van der Waals surface area contributed by atoms with Gasteiger partial charge >= 0.3 is 0 Å². The van der Waals surface area contributed by atoms with Crippen LogP contribution in [0.2, 0.25) is 0 Å². The molecule has 124 valence electrons. The van der Waals surface area contributed by atoms with E-state index in [0.29, 0.717) is 0 Å². The zero-order valence-corrected chi connectivity index (χ0v) is 15.8. The minimum absolute atomic E-state index is 0. The molecule has 2 heterocycles. The molecule has 21 heavy (non-hydrogen) atoms. The second-order valence-corrected chi connectivity index (χ2v) is 5.88. The molecule has 0 aromatic rings. The van der Waals surface area contributed by atoms with Crippen molar-refractivity contribution in [1.82, 2.24) is 15.5 Å². The lowest BCUT2D eigenvalue weighted by atomic mass is 9.88. The van der Waals surface area contributed by atoms with Gasteiger partial charge in [0.2, 0.25) is 0 Å². The van der Waals surface area contributed by atoms with Crippen molar-refractivity contribution in [2.24, 2.45) is 4.99 Å². The predicted molar refractivity (Wildman–Crippen MR) is 98.7 cm³/mol. The Morgan fingerprint density at radius 1 is 1.19 bits per heavy atom. The fourth-order valence-electron chi connectivity index (χ4n) is 3.26. The van der Waals surface area contributed by atoms with E-state index in [0.717, 1.165) is 51.5 Å². The fourth-order valence-corrected chi connectivity index (χ4v) is 3.26. The van der Waals surface area contributed by atoms with Crippen molar-refractivity contribution in [3.05, 3.63) is 0 Å². The van der Waals surface area contributed by atoms with Crippen LogP contribution in [-0.4, -0.2) is 62.8 Å². The molecule has 2 aliphatic heterocycles. The Morgan fingerprint density at radius 3 is 2.43 bits per heavy atom. The zero-order chi connectivity index (χ0) is 14.3. The summed E-state index contributed by atoms with van der Waals surface area (Å²) in [6.45, 7) is 8.37. The Labute approximate surface area is 146 Å². The van der Waals surface area contributed by atoms with Crippen molar-refractivity contribution >= 4 is 29.9 Å². The van der Waals surface area contributed by atoms with Crippen LogP contribution in [-0.2, 0) is 4.74 Å². The SMILES string of the molecule is CCCNC(=NC)NCC1(N2CCCC2)CCOCC1.I. The first-order chi connectivity index (χ1) is 9.80. The van der Waals surface area contributed by atoms with E-state index in [9.17, 15) is 0 Å². The number of halogens is 1. The average molecular weight is 410 g/mol. The third kappa shape index (κ3) is 5.25. The number of ether oxygens (including phenoxy) is 1. The second-order valence-electron chi connectivity index (χ2n) is 5.88. The average Bonchev–Trinajstić information content (AvgIpc) is 3.03. The molecule has 0 aromatic heterocycles. The van der Waals surface area contributed by atoms with Gasteiger partial charge < -0.3 is 15.4 Å². The number of likely N-dealkylation sites (tertiary alicyclic amines) is 1. The van der Waals surface area contributed by atoms with Crippen molar-refractivity contribution in [3.63, 3.8) is 0 Å². The fraction of sp³-hybridized carbons (Fsp3) is 0.933. The highest BCUT2D eigenvalue weighted by atomic mass is 127. The molecular weight excluding hydrogens is 379 g/mol. The van der Waals surface area contributed by atoms with Crippen LogP contribution in [0.4, 0.5) is 0 Å². The van der Waals surface area contributed by atoms with E-state index >= 15 is 0 Å². The van der Waals surface area contributed by atoms with Gasteiger partial charge in [-0.3, -0.25) is 9.89 Å². The minimum atomic E-state index is 0. The maximum absolute atomic E-state index is 5.58. The monoisotopic (exact) mass is 410 g/mol. The molecule has 2 rings (SSSR count). The van der Waals surface area contributed by atoms with E-state index in [1.807, 2.05) is 7.05 Å². The van der Waals surface area contributed by atoms with Crippen LogP contribution in [0.15, 0.2) is 4.99 Å². The number of nitrogens with zero attached hydrogens (tertiary/aromatic N) is 2. The van der Waals surface area contributed by atoms with Gasteiger partial charge in [-0.15, -0.1) is 24.0 Å². The van der Waals surface area contributed by atoms with E-state index in [4.69, 9.17) is 4.74 Å². The van der Waals surface area contributed by atoms with E-state index in [1.165, 1.54) is 25.9 Å². The molecule has 0 aliphatic carbocycles. The van der Waals surface area contributed by atoms with Gasteiger partial charge in [-0.1, -0.05) is 6.92 Å². The maximum Gasteiger partial charge on any atom is 0.191 e. The van der Waals surface area contributed by atoms with E-state index in [-0.39, 0.29) is 29.5 Å². The Hall–Kier alpha value is -0.0800. The molecule has 0 bridgehead atoms. The Bertz CT molecular complexity index is 313. The van der Waals surface area contributed by atoms with Gasteiger partial charge in [0, 0.05) is 38.9 Å². The van der Waals surface area contributed by atoms with Gasteiger partial charge in [-0.2, -0.15) is 0 Å². The normalized spacial score (nSPS) is 22.7. The van der Waals surface area contributed by atoms with Crippen LogP contribution < -0.4 is 10.6 Å². The highest BCUT2D eigenvalue weighted by Crippen LogP contribution is 2.30. The molecule has 5 nitrogen and oxygen atoms in total. The summed E-state index contributed by atoms with van der Waals surface area (Å²) in [6.07, 6.45) is 6.05. The number of rotatable bonds is 5. The minimum Gasteiger partial charge on any atom is -0.381 e. The van der Waals surface area contributed by atoms with Gasteiger partial charge in [0.1, 0.15) is 0 Å². The molecule has 0 saturated carbocycles. The van der Waals surface area contributed by atoms with Gasteiger partial charge in [-0.05, 0) is 45.2 Å². The molecule has 0 atom stereocenters. The Kier molecular flexibility index (Phi) is 8.89. The van der Waals surface area contributed by atoms with Crippen LogP contribution in [0, 0.1) is 0 Å². The smallest absolute Gasteiger partial charge is 0.191 e. The molecule has 0 unspecified atom stereocenters. The molecule has 0 spiro atoms. The molecule has 2 aliphatic rings. The van der Waals surface area contributed by atoms with Crippen molar-refractivity contribution in [2.75, 3.05) is 46.4 Å². The first-order valence-electron chi connectivity index (χ1n) is 8.08. The highest BCUT2D eigenvalue weighted by Gasteiger charge is 2.39. The Morgan fingerprint density at radius 2 is 1.86 bits per heavy atom. The second kappa shape index (κ2) is 9.84. The van der Waals surface area contributed by atoms with Crippen molar-refractivity contribution in [2.45, 2.75) is 44.6 Å². The number of hydrogen-bond acceptors (Lipinski definition) is 3. The van der Waals surface area contributed by atoms with E-state index in [2.05, 4.69) is 27.4 Å². The lowest BCUT2D eigenvalue weighted by molar-refractivity contribution is -0.0164. The number of nitrogens with one attached hydrogen (secondary N) is 2. The zero-order valence-electron chi connectivity index (χ0n) is 13.5. The van der Waals surface area contributed by atoms with Gasteiger partial charge in [0.25, 0.3) is 0 Å². The molecule has 2 saturated heterocycles. The number of hydrogen-bond donors (Lipinski definition) is 2. The molecular formula is C15H31IN4O. The van der Waals surface area contributed by atoms with Crippen molar-refractivity contribution in [3.8, 4) is 0 Å². The maximum atomic E-state index is 5.58. The lowest BCUT2D eigenvalue weighted by Gasteiger charge is -2.45. The summed E-state index contributed by atoms with van der Waals surface area (Å²) in [6, 6.07) is 0. The molecule has 0 amide bonds.